The number of hydrogen-bond acceptors (Lipinski definition) is 10. The maximum Gasteiger partial charge on any atom is 0.187 e. The van der Waals surface area contributed by atoms with E-state index in [0.717, 1.165) is 6.08 Å². The Bertz CT molecular complexity index is 540. The quantitative estimate of drug-likeness (QED) is 0.328. The monoisotopic (exact) mass is 377 g/mol. The van der Waals surface area contributed by atoms with E-state index in [4.69, 9.17) is 24.2 Å². The van der Waals surface area contributed by atoms with Crippen molar-refractivity contribution in [2.45, 2.75) is 61.5 Å². The van der Waals surface area contributed by atoms with Gasteiger partial charge in [-0.15, -0.1) is 0 Å². The molecule has 2 aliphatic rings. The molecule has 5 N–H and O–H groups in total. The Morgan fingerprint density at radius 2 is 1.88 bits per heavy atom. The average molecular weight is 377 g/mol. The van der Waals surface area contributed by atoms with Crippen LogP contribution in [-0.2, 0) is 18.9 Å². The molecule has 0 unspecified atom stereocenters. The fraction of sp³-hybridized carbons (Fsp3) is 0.812. The van der Waals surface area contributed by atoms with Gasteiger partial charge in [0, 0.05) is 33.7 Å². The normalized spacial score (nSPS) is 45.5. The van der Waals surface area contributed by atoms with Crippen LogP contribution < -0.4 is 0 Å². The van der Waals surface area contributed by atoms with Crippen molar-refractivity contribution in [3.63, 3.8) is 0 Å². The molecular weight excluding hydrogens is 350 g/mol. The summed E-state index contributed by atoms with van der Waals surface area (Å²) in [7, 11) is 2.84. The third kappa shape index (κ3) is 4.07. The van der Waals surface area contributed by atoms with Crippen LogP contribution in [0.5, 0.6) is 0 Å². The summed E-state index contributed by atoms with van der Waals surface area (Å²) in [6.45, 7) is -0.592. The molecule has 1 saturated heterocycles. The van der Waals surface area contributed by atoms with Crippen LogP contribution in [-0.4, -0.2) is 101 Å². The Morgan fingerprint density at radius 1 is 1.19 bits per heavy atom. The highest BCUT2D eigenvalue weighted by Gasteiger charge is 2.48. The van der Waals surface area contributed by atoms with Gasteiger partial charge in [0.25, 0.3) is 0 Å². The van der Waals surface area contributed by atoms with E-state index in [9.17, 15) is 25.5 Å². The molecule has 0 aromatic carbocycles. The molecule has 0 bridgehead atoms. The van der Waals surface area contributed by atoms with Crippen LogP contribution in [0, 0.1) is 11.3 Å². The van der Waals surface area contributed by atoms with Gasteiger partial charge in [-0.1, -0.05) is 0 Å². The number of rotatable bonds is 5. The molecule has 0 radical (unpaired) electrons. The molecule has 1 heterocycles. The number of nitrogens with zero attached hydrogens (tertiary/aromatic N) is 1. The second kappa shape index (κ2) is 9.18. The number of nitriles is 1. The molecule has 0 amide bonds. The van der Waals surface area contributed by atoms with Gasteiger partial charge in [0.05, 0.1) is 24.9 Å². The maximum absolute atomic E-state index is 10.5. The van der Waals surface area contributed by atoms with E-state index in [1.165, 1.54) is 14.2 Å². The van der Waals surface area contributed by atoms with E-state index < -0.39 is 61.7 Å². The molecule has 0 aromatic rings. The third-order valence-corrected chi connectivity index (χ3v) is 4.79. The van der Waals surface area contributed by atoms with Gasteiger partial charge < -0.3 is 44.5 Å². The van der Waals surface area contributed by atoms with Crippen molar-refractivity contribution in [3.8, 4) is 6.07 Å². The fourth-order valence-corrected chi connectivity index (χ4v) is 3.30. The minimum atomic E-state index is -1.59. The van der Waals surface area contributed by atoms with Crippen LogP contribution in [0.15, 0.2) is 11.6 Å². The van der Waals surface area contributed by atoms with E-state index in [1.807, 2.05) is 6.07 Å². The summed E-state index contributed by atoms with van der Waals surface area (Å²) in [4.78, 5) is 0. The average Bonchev–Trinajstić information content (AvgIpc) is 2.64. The maximum atomic E-state index is 10.5. The lowest BCUT2D eigenvalue weighted by Gasteiger charge is -2.44. The molecule has 26 heavy (non-hydrogen) atoms. The minimum absolute atomic E-state index is 0. The zero-order chi connectivity index (χ0) is 19.4. The first-order chi connectivity index (χ1) is 12.4. The Morgan fingerprint density at radius 3 is 2.42 bits per heavy atom. The number of hydrogen-bond donors (Lipinski definition) is 5. The molecule has 0 aromatic heterocycles. The second-order valence-electron chi connectivity index (χ2n) is 6.25. The molecule has 1 aliphatic heterocycles. The van der Waals surface area contributed by atoms with Crippen LogP contribution in [0.1, 0.15) is 7.85 Å². The van der Waals surface area contributed by atoms with Gasteiger partial charge in [-0.3, -0.25) is 0 Å². The van der Waals surface area contributed by atoms with Crippen molar-refractivity contribution in [3.05, 3.63) is 11.6 Å². The van der Waals surface area contributed by atoms with Gasteiger partial charge >= 0.3 is 0 Å². The summed E-state index contributed by atoms with van der Waals surface area (Å²) >= 11 is 0. The van der Waals surface area contributed by atoms with Crippen molar-refractivity contribution in [2.24, 2.45) is 0 Å². The molecule has 0 spiro atoms. The molecule has 1 aliphatic carbocycles. The van der Waals surface area contributed by atoms with E-state index >= 15 is 0 Å². The molecule has 150 valence electrons. The van der Waals surface area contributed by atoms with E-state index in [-0.39, 0.29) is 13.4 Å². The van der Waals surface area contributed by atoms with Crippen LogP contribution in [0.4, 0.5) is 0 Å². The molecule has 10 heteroatoms. The topological polar surface area (TPSA) is 162 Å². The van der Waals surface area contributed by atoms with E-state index in [1.54, 1.807) is 0 Å². The summed E-state index contributed by atoms with van der Waals surface area (Å²) in [6, 6.07) is 1.83. The Labute approximate surface area is 152 Å². The molecule has 1 saturated carbocycles. The van der Waals surface area contributed by atoms with Gasteiger partial charge in [0.15, 0.2) is 6.29 Å². The first-order valence-corrected chi connectivity index (χ1v) is 8.18. The van der Waals surface area contributed by atoms with Crippen molar-refractivity contribution in [1.82, 2.24) is 0 Å². The van der Waals surface area contributed by atoms with Gasteiger partial charge in [-0.25, -0.2) is 0 Å². The van der Waals surface area contributed by atoms with E-state index in [0.29, 0.717) is 0 Å². The number of methoxy groups -OCH3 is 2. The molecule has 2 fully saturated rings. The first-order valence-electron chi connectivity index (χ1n) is 8.18. The fourth-order valence-electron chi connectivity index (χ4n) is 3.30. The summed E-state index contributed by atoms with van der Waals surface area (Å²) < 4.78 is 21.6. The van der Waals surface area contributed by atoms with E-state index in [2.05, 4.69) is 0 Å². The number of aliphatic hydroxyl groups is 5. The zero-order valence-corrected chi connectivity index (χ0v) is 14.5. The minimum Gasteiger partial charge on any atom is -0.394 e. The second-order valence-corrected chi connectivity index (χ2v) is 6.25. The Hall–Kier alpha value is -1.13. The zero-order valence-electron chi connectivity index (χ0n) is 14.5. The lowest BCUT2D eigenvalue weighted by molar-refractivity contribution is -0.312. The molecule has 10 nitrogen and oxygen atoms in total. The standard InChI is InChI=1S/C16H25NO9.H2/c1-23-9-5-8(7(3-4-17)11(19)15(9)24-2)25-16-14(22)13(21)12(20)10(6-18)26-16;/h3,8-16,18-22H,5-6H2,1-2H3;1H/b7-3+;/t8-,9+,10-,11+,12-,13+,14-,15+,16-;/m1./s1. The molecule has 2 rings (SSSR count). The van der Waals surface area contributed by atoms with Crippen molar-refractivity contribution < 1.29 is 45.9 Å². The summed E-state index contributed by atoms with van der Waals surface area (Å²) in [6.07, 6.45) is -9.22. The van der Waals surface area contributed by atoms with Gasteiger partial charge in [-0.05, 0) is 0 Å². The van der Waals surface area contributed by atoms with Crippen molar-refractivity contribution in [1.29, 1.82) is 5.26 Å². The Kier molecular flexibility index (Phi) is 7.48. The predicted molar refractivity (Wildman–Crippen MR) is 86.7 cm³/mol. The van der Waals surface area contributed by atoms with Crippen molar-refractivity contribution >= 4 is 0 Å². The summed E-state index contributed by atoms with van der Waals surface area (Å²) in [5, 5.41) is 58.5. The van der Waals surface area contributed by atoms with Crippen molar-refractivity contribution in [2.75, 3.05) is 20.8 Å². The summed E-state index contributed by atoms with van der Waals surface area (Å²) in [5.74, 6) is 0. The lowest BCUT2D eigenvalue weighted by Crippen LogP contribution is -2.60. The lowest BCUT2D eigenvalue weighted by atomic mass is 9.84. The summed E-state index contributed by atoms with van der Waals surface area (Å²) in [5.41, 5.74) is 0.213. The number of ether oxygens (including phenoxy) is 4. The largest absolute Gasteiger partial charge is 0.394 e. The highest BCUT2D eigenvalue weighted by atomic mass is 16.7. The highest BCUT2D eigenvalue weighted by molar-refractivity contribution is 5.26. The van der Waals surface area contributed by atoms with Crippen LogP contribution in [0.3, 0.4) is 0 Å². The SMILES string of the molecule is CO[C@H]1[C@@H](OC)C[C@@H](O[C@@H]2O[C@H](CO)[C@@H](O)[C@H](O)[C@H]2O)/C(=C\C#N)[C@@H]1O.[HH]. The first kappa shape index (κ1) is 21.2. The third-order valence-electron chi connectivity index (χ3n) is 4.79. The number of aliphatic hydroxyl groups excluding tert-OH is 5. The van der Waals surface area contributed by atoms with Gasteiger partial charge in [0.2, 0.25) is 0 Å². The van der Waals surface area contributed by atoms with Crippen LogP contribution >= 0.6 is 0 Å². The van der Waals surface area contributed by atoms with Gasteiger partial charge in [0.1, 0.15) is 36.6 Å². The highest BCUT2D eigenvalue weighted by Crippen LogP contribution is 2.33. The molecular formula is C16H27NO9. The van der Waals surface area contributed by atoms with Crippen LogP contribution in [0.2, 0.25) is 0 Å². The Balaban J connectivity index is 0.00000364. The predicted octanol–water partition coefficient (Wildman–Crippen LogP) is -2.34. The smallest absolute Gasteiger partial charge is 0.187 e. The molecule has 9 atom stereocenters. The number of allylic oxidation sites excluding steroid dienone is 1. The van der Waals surface area contributed by atoms with Crippen LogP contribution in [0.25, 0.3) is 0 Å². The van der Waals surface area contributed by atoms with Gasteiger partial charge in [-0.2, -0.15) is 5.26 Å².